The van der Waals surface area contributed by atoms with Crippen LogP contribution in [-0.2, 0) is 4.79 Å². The van der Waals surface area contributed by atoms with E-state index in [0.717, 1.165) is 23.1 Å². The summed E-state index contributed by atoms with van der Waals surface area (Å²) in [4.78, 5) is 14.1. The van der Waals surface area contributed by atoms with E-state index >= 15 is 0 Å². The summed E-state index contributed by atoms with van der Waals surface area (Å²) >= 11 is 3.39. The van der Waals surface area contributed by atoms with Gasteiger partial charge in [-0.05, 0) is 61.4 Å². The molecule has 0 atom stereocenters. The number of carbonyl (C=O) groups excluding carboxylic acids is 1. The summed E-state index contributed by atoms with van der Waals surface area (Å²) in [6.45, 7) is 0.535. The zero-order valence-electron chi connectivity index (χ0n) is 13.6. The van der Waals surface area contributed by atoms with Gasteiger partial charge in [0.25, 0.3) is 0 Å². The number of nitrogens with zero attached hydrogens (tertiary/aromatic N) is 2. The number of amides is 1. The lowest BCUT2D eigenvalue weighted by atomic mass is 10.3. The van der Waals surface area contributed by atoms with E-state index in [1.54, 1.807) is 12.1 Å². The summed E-state index contributed by atoms with van der Waals surface area (Å²) < 4.78 is 6.75. The molecule has 1 amide bonds. The number of ether oxygens (including phenoxy) is 1. The van der Waals surface area contributed by atoms with Crippen molar-refractivity contribution in [3.05, 3.63) is 53.0 Å². The second-order valence-corrected chi connectivity index (χ2v) is 6.84. The maximum absolute atomic E-state index is 12.1. The van der Waals surface area contributed by atoms with Gasteiger partial charge >= 0.3 is 0 Å². The van der Waals surface area contributed by atoms with Gasteiger partial charge in [-0.1, -0.05) is 15.9 Å². The van der Waals surface area contributed by atoms with Gasteiger partial charge in [-0.3, -0.25) is 9.69 Å². The second-order valence-electron chi connectivity index (χ2n) is 5.92. The third kappa shape index (κ3) is 5.31. The third-order valence-corrected chi connectivity index (χ3v) is 4.40. The molecule has 6 heteroatoms. The van der Waals surface area contributed by atoms with Crippen molar-refractivity contribution in [1.29, 1.82) is 5.26 Å². The Balaban J connectivity index is 1.54. The normalized spacial score (nSPS) is 13.3. The molecule has 0 saturated heterocycles. The number of rotatable bonds is 7. The summed E-state index contributed by atoms with van der Waals surface area (Å²) in [6.07, 6.45) is 2.13. The number of nitriles is 1. The SMILES string of the molecule is N#CCN(CC(=O)Nc1ccc(Oc2ccc(Br)cc2)cc1)C1CC1. The third-order valence-electron chi connectivity index (χ3n) is 3.87. The first-order valence-corrected chi connectivity index (χ1v) is 8.87. The van der Waals surface area contributed by atoms with E-state index in [1.165, 1.54) is 0 Å². The van der Waals surface area contributed by atoms with Crippen LogP contribution in [0.25, 0.3) is 0 Å². The molecule has 5 nitrogen and oxygen atoms in total. The Morgan fingerprint density at radius 1 is 1.16 bits per heavy atom. The second kappa shape index (κ2) is 8.15. The van der Waals surface area contributed by atoms with Gasteiger partial charge in [-0.2, -0.15) is 5.26 Å². The highest BCUT2D eigenvalue weighted by Crippen LogP contribution is 2.27. The van der Waals surface area contributed by atoms with Gasteiger partial charge in [-0.15, -0.1) is 0 Å². The molecule has 0 aliphatic heterocycles. The Morgan fingerprint density at radius 2 is 1.76 bits per heavy atom. The fraction of sp³-hybridized carbons (Fsp3) is 0.263. The monoisotopic (exact) mass is 399 g/mol. The summed E-state index contributed by atoms with van der Waals surface area (Å²) in [5.41, 5.74) is 0.709. The maximum atomic E-state index is 12.1. The first-order valence-electron chi connectivity index (χ1n) is 8.08. The first-order chi connectivity index (χ1) is 12.1. The van der Waals surface area contributed by atoms with Crippen LogP contribution in [0.4, 0.5) is 5.69 Å². The Kier molecular flexibility index (Phi) is 5.69. The highest BCUT2D eigenvalue weighted by atomic mass is 79.9. The maximum Gasteiger partial charge on any atom is 0.238 e. The van der Waals surface area contributed by atoms with Crippen LogP contribution in [0.2, 0.25) is 0 Å². The van der Waals surface area contributed by atoms with Crippen molar-refractivity contribution in [2.45, 2.75) is 18.9 Å². The summed E-state index contributed by atoms with van der Waals surface area (Å²) in [7, 11) is 0. The van der Waals surface area contributed by atoms with Gasteiger partial charge in [0.15, 0.2) is 0 Å². The Labute approximate surface area is 155 Å². The van der Waals surface area contributed by atoms with Gasteiger partial charge in [0, 0.05) is 16.2 Å². The van der Waals surface area contributed by atoms with Gasteiger partial charge in [0.1, 0.15) is 11.5 Å². The fourth-order valence-corrected chi connectivity index (χ4v) is 2.74. The molecule has 2 aromatic rings. The summed E-state index contributed by atoms with van der Waals surface area (Å²) in [6, 6.07) is 17.3. The molecule has 25 heavy (non-hydrogen) atoms. The lowest BCUT2D eigenvalue weighted by molar-refractivity contribution is -0.117. The lowest BCUT2D eigenvalue weighted by Crippen LogP contribution is -2.35. The predicted octanol–water partition coefficient (Wildman–Crippen LogP) is 4.17. The smallest absolute Gasteiger partial charge is 0.238 e. The van der Waals surface area contributed by atoms with Crippen molar-refractivity contribution in [1.82, 2.24) is 4.90 Å². The zero-order chi connectivity index (χ0) is 17.6. The molecular formula is C19H18BrN3O2. The van der Waals surface area contributed by atoms with E-state index in [-0.39, 0.29) is 19.0 Å². The Morgan fingerprint density at radius 3 is 2.32 bits per heavy atom. The molecule has 1 N–H and O–H groups in total. The minimum atomic E-state index is -0.108. The first kappa shape index (κ1) is 17.5. The quantitative estimate of drug-likeness (QED) is 0.709. The fourth-order valence-electron chi connectivity index (χ4n) is 2.47. The number of benzene rings is 2. The average molecular weight is 400 g/mol. The number of anilines is 1. The van der Waals surface area contributed by atoms with Gasteiger partial charge in [0.05, 0.1) is 19.2 Å². The van der Waals surface area contributed by atoms with E-state index in [0.29, 0.717) is 17.5 Å². The Bertz CT molecular complexity index is 765. The molecule has 1 aliphatic carbocycles. The highest BCUT2D eigenvalue weighted by Gasteiger charge is 2.29. The zero-order valence-corrected chi connectivity index (χ0v) is 15.2. The van der Waals surface area contributed by atoms with Crippen molar-refractivity contribution in [3.63, 3.8) is 0 Å². The van der Waals surface area contributed by atoms with Crippen molar-refractivity contribution >= 4 is 27.5 Å². The molecule has 2 aromatic carbocycles. The van der Waals surface area contributed by atoms with Gasteiger partial charge < -0.3 is 10.1 Å². The van der Waals surface area contributed by atoms with Crippen LogP contribution in [0.15, 0.2) is 53.0 Å². The van der Waals surface area contributed by atoms with Crippen LogP contribution in [0, 0.1) is 11.3 Å². The number of hydrogen-bond donors (Lipinski definition) is 1. The highest BCUT2D eigenvalue weighted by molar-refractivity contribution is 9.10. The minimum absolute atomic E-state index is 0.108. The lowest BCUT2D eigenvalue weighted by Gasteiger charge is -2.17. The number of halogens is 1. The van der Waals surface area contributed by atoms with E-state index in [1.807, 2.05) is 41.3 Å². The Hall–Kier alpha value is -2.36. The van der Waals surface area contributed by atoms with Crippen molar-refractivity contribution in [2.75, 3.05) is 18.4 Å². The molecule has 1 fully saturated rings. The van der Waals surface area contributed by atoms with Crippen LogP contribution in [0.3, 0.4) is 0 Å². The molecule has 1 saturated carbocycles. The van der Waals surface area contributed by atoms with Crippen molar-refractivity contribution < 1.29 is 9.53 Å². The van der Waals surface area contributed by atoms with E-state index in [9.17, 15) is 4.79 Å². The van der Waals surface area contributed by atoms with Crippen LogP contribution in [-0.4, -0.2) is 29.9 Å². The van der Waals surface area contributed by atoms with Crippen molar-refractivity contribution in [3.8, 4) is 17.6 Å². The van der Waals surface area contributed by atoms with E-state index in [4.69, 9.17) is 10.00 Å². The van der Waals surface area contributed by atoms with Gasteiger partial charge in [-0.25, -0.2) is 0 Å². The topological polar surface area (TPSA) is 65.4 Å². The average Bonchev–Trinajstić information content (AvgIpc) is 3.43. The van der Waals surface area contributed by atoms with Crippen LogP contribution >= 0.6 is 15.9 Å². The molecule has 0 aromatic heterocycles. The number of nitrogens with one attached hydrogen (secondary N) is 1. The molecule has 1 aliphatic rings. The molecule has 0 bridgehead atoms. The van der Waals surface area contributed by atoms with Gasteiger partial charge in [0.2, 0.25) is 5.91 Å². The minimum Gasteiger partial charge on any atom is -0.457 e. The van der Waals surface area contributed by atoms with E-state index < -0.39 is 0 Å². The van der Waals surface area contributed by atoms with Crippen LogP contribution < -0.4 is 10.1 Å². The summed E-state index contributed by atoms with van der Waals surface area (Å²) in [5, 5.41) is 11.7. The predicted molar refractivity (Wildman–Crippen MR) is 99.5 cm³/mol. The number of carbonyl (C=O) groups is 1. The van der Waals surface area contributed by atoms with Crippen LogP contribution in [0.5, 0.6) is 11.5 Å². The molecule has 0 spiro atoms. The van der Waals surface area contributed by atoms with Crippen molar-refractivity contribution in [2.24, 2.45) is 0 Å². The molecular weight excluding hydrogens is 382 g/mol. The molecule has 128 valence electrons. The molecule has 3 rings (SSSR count). The van der Waals surface area contributed by atoms with E-state index in [2.05, 4.69) is 27.3 Å². The molecule has 0 radical (unpaired) electrons. The molecule has 0 heterocycles. The molecule has 0 unspecified atom stereocenters. The van der Waals surface area contributed by atoms with Crippen LogP contribution in [0.1, 0.15) is 12.8 Å². The standard InChI is InChI=1S/C19H18BrN3O2/c20-14-1-7-17(8-2-14)25-18-9-3-15(4-10-18)22-19(24)13-23(12-11-21)16-5-6-16/h1-4,7-10,16H,5-6,12-13H2,(H,22,24). The summed E-state index contributed by atoms with van der Waals surface area (Å²) in [5.74, 6) is 1.34. The number of hydrogen-bond acceptors (Lipinski definition) is 4. The largest absolute Gasteiger partial charge is 0.457 e.